The first-order valence-electron chi connectivity index (χ1n) is 7.60. The van der Waals surface area contributed by atoms with E-state index in [-0.39, 0.29) is 11.3 Å². The molecule has 0 unspecified atom stereocenters. The third kappa shape index (κ3) is 3.15. The first-order valence-corrected chi connectivity index (χ1v) is 9.04. The maximum atomic E-state index is 13.1. The number of rotatable bonds is 6. The number of benzene rings is 2. The van der Waals surface area contributed by atoms with Gasteiger partial charge >= 0.3 is 0 Å². The third-order valence-corrected chi connectivity index (χ3v) is 5.65. The van der Waals surface area contributed by atoms with E-state index in [1.165, 1.54) is 25.4 Å². The summed E-state index contributed by atoms with van der Waals surface area (Å²) in [5, 5.41) is 0.701. The van der Waals surface area contributed by atoms with E-state index >= 15 is 0 Å². The summed E-state index contributed by atoms with van der Waals surface area (Å²) in [6, 6.07) is 9.73. The highest BCUT2D eigenvalue weighted by atomic mass is 32.2. The quantitative estimate of drug-likeness (QED) is 0.633. The van der Waals surface area contributed by atoms with E-state index in [1.807, 2.05) is 0 Å². The minimum absolute atomic E-state index is 0.0106. The normalized spacial score (nSPS) is 11.6. The fraction of sp³-hybridized carbons (Fsp3) is 0.167. The number of hydrogen-bond acceptors (Lipinski definition) is 4. The number of hydrogen-bond donors (Lipinski definition) is 0. The number of nitrogens with zero attached hydrogens (tertiary/aromatic N) is 1. The van der Waals surface area contributed by atoms with Gasteiger partial charge in [0.15, 0.2) is 0 Å². The van der Waals surface area contributed by atoms with Gasteiger partial charge < -0.3 is 9.53 Å². The molecule has 7 heteroatoms. The maximum absolute atomic E-state index is 13.1. The van der Waals surface area contributed by atoms with Crippen LogP contribution in [0.15, 0.2) is 53.6 Å². The smallest absolute Gasteiger partial charge is 0.268 e. The maximum Gasteiger partial charge on any atom is 0.268 e. The van der Waals surface area contributed by atoms with E-state index < -0.39 is 15.8 Å². The molecule has 1 aromatic heterocycles. The van der Waals surface area contributed by atoms with Gasteiger partial charge in [-0.25, -0.2) is 16.8 Å². The Bertz CT molecular complexity index is 1020. The summed E-state index contributed by atoms with van der Waals surface area (Å²) in [6.07, 6.45) is 3.00. The van der Waals surface area contributed by atoms with Gasteiger partial charge in [-0.1, -0.05) is 0 Å². The van der Waals surface area contributed by atoms with Crippen LogP contribution in [0.4, 0.5) is 4.39 Å². The van der Waals surface area contributed by atoms with Crippen LogP contribution in [0, 0.1) is 5.82 Å². The van der Waals surface area contributed by atoms with E-state index in [2.05, 4.69) is 0 Å². The lowest BCUT2D eigenvalue weighted by Crippen LogP contribution is -2.11. The highest BCUT2D eigenvalue weighted by Gasteiger charge is 2.21. The van der Waals surface area contributed by atoms with Crippen LogP contribution in [0.5, 0.6) is 5.75 Å². The lowest BCUT2D eigenvalue weighted by atomic mass is 10.1. The summed E-state index contributed by atoms with van der Waals surface area (Å²) in [4.78, 5) is 10.7. The molecule has 0 N–H and O–H groups in total. The van der Waals surface area contributed by atoms with Crippen LogP contribution < -0.4 is 4.74 Å². The van der Waals surface area contributed by atoms with Crippen molar-refractivity contribution in [3.8, 4) is 5.75 Å². The van der Waals surface area contributed by atoms with Crippen LogP contribution in [-0.2, 0) is 21.2 Å². The Morgan fingerprint density at radius 1 is 1.16 bits per heavy atom. The third-order valence-electron chi connectivity index (χ3n) is 3.96. The summed E-state index contributed by atoms with van der Waals surface area (Å²) < 4.78 is 45.4. The molecule has 0 amide bonds. The molecule has 0 bridgehead atoms. The van der Waals surface area contributed by atoms with Crippen LogP contribution in [0.2, 0.25) is 0 Å². The second-order valence-corrected chi connectivity index (χ2v) is 7.31. The van der Waals surface area contributed by atoms with E-state index in [1.54, 1.807) is 18.2 Å². The second-order valence-electron chi connectivity index (χ2n) is 5.50. The lowest BCUT2D eigenvalue weighted by Gasteiger charge is -2.08. The molecule has 0 saturated heterocycles. The zero-order valence-corrected chi connectivity index (χ0v) is 14.3. The second kappa shape index (κ2) is 6.68. The van der Waals surface area contributed by atoms with Gasteiger partial charge in [0, 0.05) is 18.0 Å². The monoisotopic (exact) mass is 361 g/mol. The molecule has 0 aliphatic heterocycles. The Labute approximate surface area is 144 Å². The molecule has 0 fully saturated rings. The standard InChI is InChI=1S/C18H16FNO4S/c1-24-15-6-9-18-17(11-15)13(3-2-10-21)12-20(18)25(22,23)16-7-4-14(19)5-8-16/h4-12H,2-3H2,1H3. The molecule has 0 spiro atoms. The van der Waals surface area contributed by atoms with Crippen LogP contribution in [-0.4, -0.2) is 25.8 Å². The average Bonchev–Trinajstić information content (AvgIpc) is 2.98. The molecule has 5 nitrogen and oxygen atoms in total. The van der Waals surface area contributed by atoms with Gasteiger partial charge in [-0.2, -0.15) is 0 Å². The lowest BCUT2D eigenvalue weighted by molar-refractivity contribution is -0.107. The number of carbonyl (C=O) groups excluding carboxylic acids is 1. The number of aryl methyl sites for hydroxylation is 1. The molecule has 2 aromatic carbocycles. The van der Waals surface area contributed by atoms with Gasteiger partial charge in [-0.05, 0) is 54.4 Å². The van der Waals surface area contributed by atoms with Gasteiger partial charge in [-0.3, -0.25) is 0 Å². The summed E-state index contributed by atoms with van der Waals surface area (Å²) in [5.74, 6) is 0.0875. The van der Waals surface area contributed by atoms with E-state index in [4.69, 9.17) is 4.74 Å². The molecule has 0 saturated carbocycles. The van der Waals surface area contributed by atoms with Crippen molar-refractivity contribution < 1.29 is 22.3 Å². The Kier molecular flexibility index (Phi) is 4.59. The molecule has 0 atom stereocenters. The van der Waals surface area contributed by atoms with Crippen molar-refractivity contribution in [3.63, 3.8) is 0 Å². The minimum atomic E-state index is -3.89. The van der Waals surface area contributed by atoms with Crippen molar-refractivity contribution in [1.82, 2.24) is 3.97 Å². The molecular formula is C18H16FNO4S. The van der Waals surface area contributed by atoms with Gasteiger partial charge in [0.2, 0.25) is 0 Å². The topological polar surface area (TPSA) is 65.4 Å². The molecule has 0 aliphatic rings. The molecule has 0 radical (unpaired) electrons. The number of fused-ring (bicyclic) bond motifs is 1. The van der Waals surface area contributed by atoms with Crippen molar-refractivity contribution in [1.29, 1.82) is 0 Å². The van der Waals surface area contributed by atoms with Crippen LogP contribution in [0.1, 0.15) is 12.0 Å². The molecule has 1 heterocycles. The first-order chi connectivity index (χ1) is 12.0. The fourth-order valence-electron chi connectivity index (χ4n) is 2.70. The Balaban J connectivity index is 2.21. The fourth-order valence-corrected chi connectivity index (χ4v) is 4.10. The SMILES string of the molecule is COc1ccc2c(c1)c(CCC=O)cn2S(=O)(=O)c1ccc(F)cc1. The van der Waals surface area contributed by atoms with E-state index in [9.17, 15) is 17.6 Å². The predicted octanol–water partition coefficient (Wildman–Crippen LogP) is 3.16. The minimum Gasteiger partial charge on any atom is -0.497 e. The molecule has 130 valence electrons. The summed E-state index contributed by atoms with van der Waals surface area (Å²) in [5.41, 5.74) is 1.21. The predicted molar refractivity (Wildman–Crippen MR) is 91.9 cm³/mol. The number of aldehydes is 1. The molecule has 25 heavy (non-hydrogen) atoms. The van der Waals surface area contributed by atoms with Gasteiger partial charge in [0.05, 0.1) is 17.5 Å². The summed E-state index contributed by atoms with van der Waals surface area (Å²) in [7, 11) is -2.36. The van der Waals surface area contributed by atoms with E-state index in [0.717, 1.165) is 28.0 Å². The highest BCUT2D eigenvalue weighted by Crippen LogP contribution is 2.30. The summed E-state index contributed by atoms with van der Waals surface area (Å²) in [6.45, 7) is 0. The molecular weight excluding hydrogens is 345 g/mol. The van der Waals surface area contributed by atoms with Gasteiger partial charge in [0.1, 0.15) is 17.9 Å². The van der Waals surface area contributed by atoms with Crippen molar-refractivity contribution in [3.05, 3.63) is 60.0 Å². The van der Waals surface area contributed by atoms with Crippen LogP contribution in [0.3, 0.4) is 0 Å². The largest absolute Gasteiger partial charge is 0.497 e. The first kappa shape index (κ1) is 17.2. The highest BCUT2D eigenvalue weighted by molar-refractivity contribution is 7.90. The number of ether oxygens (including phenoxy) is 1. The average molecular weight is 361 g/mol. The Morgan fingerprint density at radius 2 is 1.88 bits per heavy atom. The zero-order chi connectivity index (χ0) is 18.0. The van der Waals surface area contributed by atoms with Crippen LogP contribution >= 0.6 is 0 Å². The zero-order valence-electron chi connectivity index (χ0n) is 13.5. The van der Waals surface area contributed by atoms with Crippen molar-refractivity contribution in [2.24, 2.45) is 0 Å². The number of methoxy groups -OCH3 is 1. The van der Waals surface area contributed by atoms with Crippen molar-refractivity contribution >= 4 is 27.2 Å². The van der Waals surface area contributed by atoms with Gasteiger partial charge in [0.25, 0.3) is 10.0 Å². The molecule has 3 rings (SSSR count). The Morgan fingerprint density at radius 3 is 2.52 bits per heavy atom. The molecule has 0 aliphatic carbocycles. The Hall–Kier alpha value is -2.67. The summed E-state index contributed by atoms with van der Waals surface area (Å²) >= 11 is 0. The van der Waals surface area contributed by atoms with Crippen LogP contribution in [0.25, 0.3) is 10.9 Å². The van der Waals surface area contributed by atoms with Crippen molar-refractivity contribution in [2.45, 2.75) is 17.7 Å². The molecule has 3 aromatic rings. The number of carbonyl (C=O) groups is 1. The van der Waals surface area contributed by atoms with Crippen molar-refractivity contribution in [2.75, 3.05) is 7.11 Å². The van der Waals surface area contributed by atoms with E-state index in [0.29, 0.717) is 23.1 Å². The number of halogens is 1. The van der Waals surface area contributed by atoms with Gasteiger partial charge in [-0.15, -0.1) is 0 Å². The number of aromatic nitrogens is 1.